The molecule has 7 heteroatoms. The highest BCUT2D eigenvalue weighted by molar-refractivity contribution is 5.93. The van der Waals surface area contributed by atoms with Crippen molar-refractivity contribution >= 4 is 23.2 Å². The van der Waals surface area contributed by atoms with E-state index in [9.17, 15) is 9.59 Å². The van der Waals surface area contributed by atoms with Gasteiger partial charge in [0, 0.05) is 18.3 Å². The van der Waals surface area contributed by atoms with Gasteiger partial charge in [0.2, 0.25) is 11.8 Å². The summed E-state index contributed by atoms with van der Waals surface area (Å²) in [6.45, 7) is 1.99. The highest BCUT2D eigenvalue weighted by Gasteiger charge is 2.08. The zero-order valence-corrected chi connectivity index (χ0v) is 14.3. The van der Waals surface area contributed by atoms with Crippen LogP contribution in [-0.2, 0) is 22.6 Å². The molecule has 0 unspecified atom stereocenters. The molecule has 1 aromatic heterocycles. The molecular weight excluding hydrogens is 330 g/mol. The Kier molecular flexibility index (Phi) is 5.38. The van der Waals surface area contributed by atoms with Crippen LogP contribution in [0.3, 0.4) is 0 Å². The summed E-state index contributed by atoms with van der Waals surface area (Å²) < 4.78 is 1.70. The Morgan fingerprint density at radius 3 is 2.50 bits per heavy atom. The summed E-state index contributed by atoms with van der Waals surface area (Å²) in [5.74, 6) is -0.234. The van der Waals surface area contributed by atoms with Crippen molar-refractivity contribution in [3.8, 4) is 0 Å². The molecule has 2 aromatic carbocycles. The number of hydrogen-bond acceptors (Lipinski definition) is 4. The normalized spacial score (nSPS) is 10.3. The minimum Gasteiger partial charge on any atom is -0.326 e. The van der Waals surface area contributed by atoms with E-state index < -0.39 is 0 Å². The summed E-state index contributed by atoms with van der Waals surface area (Å²) in [7, 11) is 0. The maximum atomic E-state index is 12.4. The SMILES string of the molecule is CC(=O)Nc1ccc(CC(=O)Nc2ccccc2Cn2cncn2)cc1. The van der Waals surface area contributed by atoms with Crippen LogP contribution in [0.4, 0.5) is 11.4 Å². The average molecular weight is 349 g/mol. The number of rotatable bonds is 6. The largest absolute Gasteiger partial charge is 0.326 e. The Hall–Kier alpha value is -3.48. The first-order valence-corrected chi connectivity index (χ1v) is 8.17. The topological polar surface area (TPSA) is 88.9 Å². The number of anilines is 2. The van der Waals surface area contributed by atoms with Crippen LogP contribution in [0.2, 0.25) is 0 Å². The molecule has 0 aliphatic rings. The molecule has 0 aliphatic heterocycles. The van der Waals surface area contributed by atoms with E-state index in [1.807, 2.05) is 36.4 Å². The Morgan fingerprint density at radius 1 is 1.04 bits per heavy atom. The van der Waals surface area contributed by atoms with Crippen molar-refractivity contribution in [2.45, 2.75) is 19.9 Å². The first-order valence-electron chi connectivity index (χ1n) is 8.17. The summed E-state index contributed by atoms with van der Waals surface area (Å²) in [6.07, 6.45) is 3.36. The van der Waals surface area contributed by atoms with E-state index in [0.717, 1.165) is 16.8 Å². The molecule has 0 radical (unpaired) electrons. The number of carbonyl (C=O) groups is 2. The summed E-state index contributed by atoms with van der Waals surface area (Å²) >= 11 is 0. The first kappa shape index (κ1) is 17.3. The number of hydrogen-bond donors (Lipinski definition) is 2. The summed E-state index contributed by atoms with van der Waals surface area (Å²) in [4.78, 5) is 27.4. The molecule has 0 spiro atoms. The molecule has 3 aromatic rings. The van der Waals surface area contributed by atoms with Crippen molar-refractivity contribution in [3.05, 3.63) is 72.3 Å². The second kappa shape index (κ2) is 8.06. The maximum Gasteiger partial charge on any atom is 0.228 e. The third-order valence-corrected chi connectivity index (χ3v) is 3.73. The van der Waals surface area contributed by atoms with Gasteiger partial charge < -0.3 is 10.6 Å². The standard InChI is InChI=1S/C19H19N5O2/c1-14(25)22-17-8-6-15(7-9-17)10-19(26)23-18-5-3-2-4-16(18)11-24-13-20-12-21-24/h2-9,12-13H,10-11H2,1H3,(H,22,25)(H,23,26). The van der Waals surface area contributed by atoms with Gasteiger partial charge in [0.25, 0.3) is 0 Å². The molecule has 2 amide bonds. The lowest BCUT2D eigenvalue weighted by Crippen LogP contribution is -2.16. The van der Waals surface area contributed by atoms with Crippen LogP contribution in [0.25, 0.3) is 0 Å². The zero-order chi connectivity index (χ0) is 18.4. The molecule has 7 nitrogen and oxygen atoms in total. The first-order chi connectivity index (χ1) is 12.6. The van der Waals surface area contributed by atoms with Crippen LogP contribution < -0.4 is 10.6 Å². The molecule has 0 fully saturated rings. The monoisotopic (exact) mass is 349 g/mol. The second-order valence-corrected chi connectivity index (χ2v) is 5.85. The third kappa shape index (κ3) is 4.76. The van der Waals surface area contributed by atoms with Gasteiger partial charge >= 0.3 is 0 Å². The van der Waals surface area contributed by atoms with E-state index in [-0.39, 0.29) is 18.2 Å². The van der Waals surface area contributed by atoms with Crippen LogP contribution >= 0.6 is 0 Å². The van der Waals surface area contributed by atoms with Crippen molar-refractivity contribution in [1.82, 2.24) is 14.8 Å². The predicted molar refractivity (Wildman–Crippen MR) is 98.6 cm³/mol. The molecule has 0 saturated heterocycles. The Labute approximate surface area is 151 Å². The highest BCUT2D eigenvalue weighted by atomic mass is 16.2. The fourth-order valence-electron chi connectivity index (χ4n) is 2.56. The van der Waals surface area contributed by atoms with Crippen LogP contribution in [0, 0.1) is 0 Å². The van der Waals surface area contributed by atoms with Crippen molar-refractivity contribution in [1.29, 1.82) is 0 Å². The van der Waals surface area contributed by atoms with Crippen molar-refractivity contribution < 1.29 is 9.59 Å². The number of aromatic nitrogens is 3. The molecule has 1 heterocycles. The van der Waals surface area contributed by atoms with E-state index in [0.29, 0.717) is 12.2 Å². The lowest BCUT2D eigenvalue weighted by atomic mass is 10.1. The van der Waals surface area contributed by atoms with Gasteiger partial charge in [0.15, 0.2) is 0 Å². The van der Waals surface area contributed by atoms with Gasteiger partial charge in [-0.05, 0) is 29.3 Å². The van der Waals surface area contributed by atoms with Gasteiger partial charge in [-0.25, -0.2) is 9.67 Å². The molecule has 3 rings (SSSR count). The van der Waals surface area contributed by atoms with Crippen LogP contribution in [0.15, 0.2) is 61.2 Å². The molecule has 0 aliphatic carbocycles. The van der Waals surface area contributed by atoms with Crippen LogP contribution in [-0.4, -0.2) is 26.6 Å². The second-order valence-electron chi connectivity index (χ2n) is 5.85. The number of nitrogens with one attached hydrogen (secondary N) is 2. The highest BCUT2D eigenvalue weighted by Crippen LogP contribution is 2.17. The minimum absolute atomic E-state index is 0.108. The molecule has 2 N–H and O–H groups in total. The van der Waals surface area contributed by atoms with E-state index in [4.69, 9.17) is 0 Å². The van der Waals surface area contributed by atoms with Gasteiger partial charge in [-0.15, -0.1) is 0 Å². The van der Waals surface area contributed by atoms with E-state index in [1.54, 1.807) is 23.1 Å². The fraction of sp³-hybridized carbons (Fsp3) is 0.158. The fourth-order valence-corrected chi connectivity index (χ4v) is 2.56. The van der Waals surface area contributed by atoms with Crippen molar-refractivity contribution in [2.75, 3.05) is 10.6 Å². The molecule has 0 saturated carbocycles. The number of para-hydroxylation sites is 1. The summed E-state index contributed by atoms with van der Waals surface area (Å²) in [6, 6.07) is 14.8. The average Bonchev–Trinajstić information content (AvgIpc) is 3.11. The zero-order valence-electron chi connectivity index (χ0n) is 14.3. The maximum absolute atomic E-state index is 12.4. The Morgan fingerprint density at radius 2 is 1.81 bits per heavy atom. The van der Waals surface area contributed by atoms with E-state index in [1.165, 1.54) is 13.3 Å². The predicted octanol–water partition coefficient (Wildman–Crippen LogP) is 2.47. The Balaban J connectivity index is 1.64. The number of nitrogens with zero attached hydrogens (tertiary/aromatic N) is 3. The van der Waals surface area contributed by atoms with Gasteiger partial charge in [0.1, 0.15) is 12.7 Å². The number of benzene rings is 2. The van der Waals surface area contributed by atoms with Crippen molar-refractivity contribution in [3.63, 3.8) is 0 Å². The smallest absolute Gasteiger partial charge is 0.228 e. The van der Waals surface area contributed by atoms with E-state index >= 15 is 0 Å². The summed E-state index contributed by atoms with van der Waals surface area (Å²) in [5.41, 5.74) is 3.28. The minimum atomic E-state index is -0.125. The lowest BCUT2D eigenvalue weighted by Gasteiger charge is -2.11. The summed E-state index contributed by atoms with van der Waals surface area (Å²) in [5, 5.41) is 9.74. The molecule has 0 bridgehead atoms. The number of amides is 2. The Bertz CT molecular complexity index is 889. The number of carbonyl (C=O) groups excluding carboxylic acids is 2. The van der Waals surface area contributed by atoms with Gasteiger partial charge in [-0.1, -0.05) is 30.3 Å². The van der Waals surface area contributed by atoms with E-state index in [2.05, 4.69) is 20.7 Å². The van der Waals surface area contributed by atoms with Gasteiger partial charge in [0.05, 0.1) is 13.0 Å². The van der Waals surface area contributed by atoms with Crippen LogP contribution in [0.5, 0.6) is 0 Å². The van der Waals surface area contributed by atoms with Crippen molar-refractivity contribution in [2.24, 2.45) is 0 Å². The molecule has 26 heavy (non-hydrogen) atoms. The molecule has 0 atom stereocenters. The molecule has 132 valence electrons. The third-order valence-electron chi connectivity index (χ3n) is 3.73. The lowest BCUT2D eigenvalue weighted by molar-refractivity contribution is -0.116. The van der Waals surface area contributed by atoms with Gasteiger partial charge in [-0.3, -0.25) is 9.59 Å². The molecular formula is C19H19N5O2. The van der Waals surface area contributed by atoms with Gasteiger partial charge in [-0.2, -0.15) is 5.10 Å². The van der Waals surface area contributed by atoms with Crippen LogP contribution in [0.1, 0.15) is 18.1 Å². The quantitative estimate of drug-likeness (QED) is 0.715.